The van der Waals surface area contributed by atoms with Crippen molar-refractivity contribution in [1.82, 2.24) is 9.88 Å². The molecule has 7 heteroatoms. The minimum Gasteiger partial charge on any atom is -0.481 e. The highest BCUT2D eigenvalue weighted by atomic mass is 35.5. The molecule has 2 rings (SSSR count). The monoisotopic (exact) mass is 340 g/mol. The number of halogens is 1. The number of aliphatic carboxylic acids is 1. The van der Waals surface area contributed by atoms with Crippen LogP contribution in [0.3, 0.4) is 0 Å². The molecule has 126 valence electrons. The van der Waals surface area contributed by atoms with Gasteiger partial charge in [-0.1, -0.05) is 25.4 Å². The van der Waals surface area contributed by atoms with E-state index < -0.39 is 11.9 Å². The number of hydrogen-bond donors (Lipinski definition) is 1. The molecule has 0 spiro atoms. The van der Waals surface area contributed by atoms with Gasteiger partial charge in [0.15, 0.2) is 0 Å². The predicted octanol–water partition coefficient (Wildman–Crippen LogP) is 2.71. The van der Waals surface area contributed by atoms with E-state index in [0.717, 1.165) is 0 Å². The van der Waals surface area contributed by atoms with Crippen molar-refractivity contribution in [2.75, 3.05) is 13.2 Å². The maximum atomic E-state index is 12.5. The molecule has 1 saturated heterocycles. The Balaban J connectivity index is 2.11. The normalized spacial score (nSPS) is 20.8. The summed E-state index contributed by atoms with van der Waals surface area (Å²) < 4.78 is 5.48. The Hall–Kier alpha value is -1.82. The van der Waals surface area contributed by atoms with Gasteiger partial charge >= 0.3 is 5.97 Å². The van der Waals surface area contributed by atoms with Crippen LogP contribution in [0.25, 0.3) is 0 Å². The third-order valence-corrected chi connectivity index (χ3v) is 4.21. The first-order valence-electron chi connectivity index (χ1n) is 7.63. The summed E-state index contributed by atoms with van der Waals surface area (Å²) in [6, 6.07) is 1.17. The summed E-state index contributed by atoms with van der Waals surface area (Å²) in [6.07, 6.45) is 1.88. The molecule has 0 radical (unpaired) electrons. The first-order valence-corrected chi connectivity index (χ1v) is 8.01. The number of pyridine rings is 1. The quantitative estimate of drug-likeness (QED) is 0.891. The molecule has 1 aromatic rings. The summed E-state index contributed by atoms with van der Waals surface area (Å²) in [5.41, 5.74) is 0.338. The van der Waals surface area contributed by atoms with Crippen molar-refractivity contribution in [3.05, 3.63) is 22.8 Å². The zero-order valence-corrected chi connectivity index (χ0v) is 14.2. The summed E-state index contributed by atoms with van der Waals surface area (Å²) in [4.78, 5) is 29.4. The van der Waals surface area contributed by atoms with E-state index in [4.69, 9.17) is 21.4 Å². The number of carbonyl (C=O) groups is 2. The van der Waals surface area contributed by atoms with E-state index >= 15 is 0 Å². The Bertz CT molecular complexity index is 606. The minimum atomic E-state index is -0.874. The summed E-state index contributed by atoms with van der Waals surface area (Å²) in [5.74, 6) is -1.02. The van der Waals surface area contributed by atoms with Crippen molar-refractivity contribution in [3.8, 4) is 5.88 Å². The second-order valence-electron chi connectivity index (χ2n) is 6.19. The van der Waals surface area contributed by atoms with E-state index in [0.29, 0.717) is 36.9 Å². The third kappa shape index (κ3) is 3.93. The molecule has 0 aromatic carbocycles. The van der Waals surface area contributed by atoms with Crippen molar-refractivity contribution >= 4 is 23.5 Å². The number of hydrogen-bond acceptors (Lipinski definition) is 4. The molecule has 1 fully saturated rings. The van der Waals surface area contributed by atoms with Gasteiger partial charge in [-0.3, -0.25) is 9.59 Å². The molecular formula is C16H21ClN2O4. The first kappa shape index (κ1) is 17.5. The van der Waals surface area contributed by atoms with Crippen LogP contribution >= 0.6 is 11.6 Å². The molecule has 0 aliphatic carbocycles. The van der Waals surface area contributed by atoms with Gasteiger partial charge in [-0.2, -0.15) is 0 Å². The van der Waals surface area contributed by atoms with E-state index in [9.17, 15) is 9.59 Å². The van der Waals surface area contributed by atoms with Crippen LogP contribution in [0, 0.1) is 11.8 Å². The van der Waals surface area contributed by atoms with Gasteiger partial charge in [-0.05, 0) is 25.3 Å². The Morgan fingerprint density at radius 1 is 1.52 bits per heavy atom. The van der Waals surface area contributed by atoms with Gasteiger partial charge in [-0.15, -0.1) is 0 Å². The standard InChI is InChI=1S/C16H21ClN2O4/c1-9(2)8-23-14-13(17)6-11(7-18-14)15(20)19-5-4-12(10(19)3)16(21)22/h6-7,9-10,12H,4-5,8H2,1-3H3,(H,21,22). The molecule has 0 bridgehead atoms. The van der Waals surface area contributed by atoms with Crippen LogP contribution in [0.5, 0.6) is 5.88 Å². The molecule has 1 N–H and O–H groups in total. The van der Waals surface area contributed by atoms with Gasteiger partial charge < -0.3 is 14.7 Å². The van der Waals surface area contributed by atoms with Crippen molar-refractivity contribution < 1.29 is 19.4 Å². The summed E-state index contributed by atoms with van der Waals surface area (Å²) in [5, 5.41) is 9.43. The Kier molecular flexibility index (Phi) is 5.46. The molecule has 1 aliphatic heterocycles. The summed E-state index contributed by atoms with van der Waals surface area (Å²) in [6.45, 7) is 6.68. The van der Waals surface area contributed by atoms with E-state index in [-0.39, 0.29) is 17.0 Å². The average molecular weight is 341 g/mol. The number of carbonyl (C=O) groups excluding carboxylic acids is 1. The smallest absolute Gasteiger partial charge is 0.308 e. The number of rotatable bonds is 5. The first-order chi connectivity index (χ1) is 10.8. The van der Waals surface area contributed by atoms with E-state index in [2.05, 4.69) is 4.98 Å². The highest BCUT2D eigenvalue weighted by Crippen LogP contribution is 2.28. The maximum absolute atomic E-state index is 12.5. The highest BCUT2D eigenvalue weighted by Gasteiger charge is 2.38. The lowest BCUT2D eigenvalue weighted by Gasteiger charge is -2.23. The zero-order valence-electron chi connectivity index (χ0n) is 13.5. The molecule has 2 atom stereocenters. The molecule has 1 aromatic heterocycles. The topological polar surface area (TPSA) is 79.7 Å². The number of ether oxygens (including phenoxy) is 1. The lowest BCUT2D eigenvalue weighted by Crippen LogP contribution is -2.37. The Labute approximate surface area is 140 Å². The Morgan fingerprint density at radius 2 is 2.22 bits per heavy atom. The fraction of sp³-hybridized carbons (Fsp3) is 0.562. The highest BCUT2D eigenvalue weighted by molar-refractivity contribution is 6.32. The minimum absolute atomic E-state index is 0.258. The van der Waals surface area contributed by atoms with Crippen LogP contribution in [0.1, 0.15) is 37.6 Å². The van der Waals surface area contributed by atoms with Gasteiger partial charge in [-0.25, -0.2) is 4.98 Å². The van der Waals surface area contributed by atoms with Crippen LogP contribution < -0.4 is 4.74 Å². The van der Waals surface area contributed by atoms with Gasteiger partial charge in [0.25, 0.3) is 5.91 Å². The lowest BCUT2D eigenvalue weighted by molar-refractivity contribution is -0.142. The molecule has 2 heterocycles. The molecule has 0 saturated carbocycles. The van der Waals surface area contributed by atoms with Crippen LogP contribution in [0.2, 0.25) is 5.02 Å². The molecule has 1 amide bonds. The zero-order chi connectivity index (χ0) is 17.1. The number of carboxylic acids is 1. The fourth-order valence-corrected chi connectivity index (χ4v) is 2.84. The number of aromatic nitrogens is 1. The predicted molar refractivity (Wildman–Crippen MR) is 85.8 cm³/mol. The van der Waals surface area contributed by atoms with Gasteiger partial charge in [0.2, 0.25) is 5.88 Å². The SMILES string of the molecule is CC(C)COc1ncc(C(=O)N2CCC(C(=O)O)C2C)cc1Cl. The molecular weight excluding hydrogens is 320 g/mol. The Morgan fingerprint density at radius 3 is 2.74 bits per heavy atom. The third-order valence-electron chi connectivity index (χ3n) is 3.94. The van der Waals surface area contributed by atoms with Crippen LogP contribution in [-0.4, -0.2) is 46.1 Å². The second kappa shape index (κ2) is 7.17. The van der Waals surface area contributed by atoms with Gasteiger partial charge in [0, 0.05) is 18.8 Å². The number of carboxylic acid groups (broad SMARTS) is 1. The van der Waals surface area contributed by atoms with Crippen LogP contribution in [0.4, 0.5) is 0 Å². The van der Waals surface area contributed by atoms with E-state index in [1.165, 1.54) is 12.3 Å². The number of likely N-dealkylation sites (tertiary alicyclic amines) is 1. The van der Waals surface area contributed by atoms with Crippen molar-refractivity contribution in [2.45, 2.75) is 33.2 Å². The van der Waals surface area contributed by atoms with Crippen molar-refractivity contribution in [3.63, 3.8) is 0 Å². The van der Waals surface area contributed by atoms with Gasteiger partial charge in [0.1, 0.15) is 5.02 Å². The maximum Gasteiger partial charge on any atom is 0.308 e. The average Bonchev–Trinajstić information content (AvgIpc) is 2.86. The fourth-order valence-electron chi connectivity index (χ4n) is 2.62. The van der Waals surface area contributed by atoms with Crippen LogP contribution in [-0.2, 0) is 4.79 Å². The lowest BCUT2D eigenvalue weighted by atomic mass is 10.0. The van der Waals surface area contributed by atoms with Crippen molar-refractivity contribution in [1.29, 1.82) is 0 Å². The van der Waals surface area contributed by atoms with Crippen LogP contribution in [0.15, 0.2) is 12.3 Å². The molecule has 2 unspecified atom stereocenters. The van der Waals surface area contributed by atoms with Crippen molar-refractivity contribution in [2.24, 2.45) is 11.8 Å². The molecule has 1 aliphatic rings. The van der Waals surface area contributed by atoms with E-state index in [1.807, 2.05) is 13.8 Å². The molecule has 23 heavy (non-hydrogen) atoms. The summed E-state index contributed by atoms with van der Waals surface area (Å²) in [7, 11) is 0. The molecule has 6 nitrogen and oxygen atoms in total. The second-order valence-corrected chi connectivity index (χ2v) is 6.60. The van der Waals surface area contributed by atoms with Gasteiger partial charge in [0.05, 0.1) is 18.1 Å². The number of amides is 1. The number of nitrogens with zero attached hydrogens (tertiary/aromatic N) is 2. The summed E-state index contributed by atoms with van der Waals surface area (Å²) >= 11 is 6.13. The largest absolute Gasteiger partial charge is 0.481 e. The van der Waals surface area contributed by atoms with E-state index in [1.54, 1.807) is 11.8 Å².